The molecule has 2 N–H and O–H groups in total. The summed E-state index contributed by atoms with van der Waals surface area (Å²) in [6.07, 6.45) is 1.56. The van der Waals surface area contributed by atoms with Crippen LogP contribution in [0.4, 0.5) is 5.82 Å². The molecule has 0 aromatic carbocycles. The molecule has 0 aliphatic carbocycles. The first kappa shape index (κ1) is 11.5. The van der Waals surface area contributed by atoms with E-state index in [2.05, 4.69) is 10.3 Å². The van der Waals surface area contributed by atoms with Crippen LogP contribution in [0, 0.1) is 0 Å². The molecule has 0 spiro atoms. The highest BCUT2D eigenvalue weighted by atomic mass is 16.5. The summed E-state index contributed by atoms with van der Waals surface area (Å²) in [5.74, 6) is -0.621. The van der Waals surface area contributed by atoms with Gasteiger partial charge in [0.25, 0.3) is 0 Å². The Hall–Kier alpha value is -1.62. The van der Waals surface area contributed by atoms with Crippen LogP contribution in [0.2, 0.25) is 0 Å². The molecule has 0 fully saturated rings. The third kappa shape index (κ3) is 3.21. The standard InChI is InChI=1S/C10H14N2O3/c1-7(15-2)6-12-9-8(10(13)14)4-3-5-11-9/h3-5,7H,6H2,1-2H3,(H,11,12)(H,13,14). The minimum Gasteiger partial charge on any atom is -0.478 e. The first-order valence-corrected chi connectivity index (χ1v) is 4.60. The molecular weight excluding hydrogens is 196 g/mol. The van der Waals surface area contributed by atoms with Crippen molar-refractivity contribution in [1.82, 2.24) is 4.98 Å². The highest BCUT2D eigenvalue weighted by molar-refractivity contribution is 5.92. The van der Waals surface area contributed by atoms with E-state index in [1.54, 1.807) is 19.4 Å². The van der Waals surface area contributed by atoms with Crippen molar-refractivity contribution in [1.29, 1.82) is 0 Å². The van der Waals surface area contributed by atoms with E-state index in [1.807, 2.05) is 6.92 Å². The molecule has 0 aliphatic rings. The number of hydrogen-bond acceptors (Lipinski definition) is 4. The van der Waals surface area contributed by atoms with Crippen LogP contribution in [0.1, 0.15) is 17.3 Å². The number of aromatic carboxylic acids is 1. The molecule has 15 heavy (non-hydrogen) atoms. The second-order valence-electron chi connectivity index (χ2n) is 3.13. The number of methoxy groups -OCH3 is 1. The van der Waals surface area contributed by atoms with Crippen molar-refractivity contribution in [2.24, 2.45) is 0 Å². The first-order valence-electron chi connectivity index (χ1n) is 4.60. The summed E-state index contributed by atoms with van der Waals surface area (Å²) in [6, 6.07) is 3.10. The molecule has 1 atom stereocenters. The maximum Gasteiger partial charge on any atom is 0.339 e. The van der Waals surface area contributed by atoms with E-state index in [0.29, 0.717) is 12.4 Å². The Morgan fingerprint density at radius 2 is 2.47 bits per heavy atom. The van der Waals surface area contributed by atoms with Crippen molar-refractivity contribution in [2.75, 3.05) is 19.0 Å². The van der Waals surface area contributed by atoms with Crippen molar-refractivity contribution in [3.05, 3.63) is 23.9 Å². The lowest BCUT2D eigenvalue weighted by atomic mass is 10.2. The number of hydrogen-bond donors (Lipinski definition) is 2. The van der Waals surface area contributed by atoms with Crippen molar-refractivity contribution >= 4 is 11.8 Å². The van der Waals surface area contributed by atoms with Crippen LogP contribution >= 0.6 is 0 Å². The summed E-state index contributed by atoms with van der Waals surface area (Å²) in [5.41, 5.74) is 0.167. The Bertz CT molecular complexity index is 341. The van der Waals surface area contributed by atoms with Gasteiger partial charge in [-0.2, -0.15) is 0 Å². The molecule has 1 heterocycles. The van der Waals surface area contributed by atoms with Crippen LogP contribution in [-0.2, 0) is 4.74 Å². The van der Waals surface area contributed by atoms with E-state index in [1.165, 1.54) is 6.07 Å². The average molecular weight is 210 g/mol. The third-order valence-electron chi connectivity index (χ3n) is 2.00. The van der Waals surface area contributed by atoms with Crippen LogP contribution in [0.3, 0.4) is 0 Å². The number of carbonyl (C=O) groups is 1. The largest absolute Gasteiger partial charge is 0.478 e. The number of carboxylic acids is 1. The first-order chi connectivity index (χ1) is 7.15. The highest BCUT2D eigenvalue weighted by Crippen LogP contribution is 2.11. The zero-order valence-corrected chi connectivity index (χ0v) is 8.73. The van der Waals surface area contributed by atoms with E-state index in [9.17, 15) is 4.79 Å². The Morgan fingerprint density at radius 1 is 1.73 bits per heavy atom. The molecule has 0 radical (unpaired) electrons. The molecule has 0 saturated heterocycles. The lowest BCUT2D eigenvalue weighted by Gasteiger charge is -2.12. The maximum atomic E-state index is 10.8. The Kier molecular flexibility index (Phi) is 4.05. The van der Waals surface area contributed by atoms with Crippen molar-refractivity contribution in [2.45, 2.75) is 13.0 Å². The zero-order chi connectivity index (χ0) is 11.3. The van der Waals surface area contributed by atoms with Crippen molar-refractivity contribution in [3.8, 4) is 0 Å². The Morgan fingerprint density at radius 3 is 3.07 bits per heavy atom. The number of nitrogens with one attached hydrogen (secondary N) is 1. The molecule has 5 nitrogen and oxygen atoms in total. The van der Waals surface area contributed by atoms with Gasteiger partial charge in [-0.25, -0.2) is 9.78 Å². The number of carboxylic acid groups (broad SMARTS) is 1. The fraction of sp³-hybridized carbons (Fsp3) is 0.400. The quantitative estimate of drug-likeness (QED) is 0.764. The SMILES string of the molecule is COC(C)CNc1ncccc1C(=O)O. The average Bonchev–Trinajstić information content (AvgIpc) is 2.26. The molecule has 1 rings (SSSR count). The Labute approximate surface area is 88.1 Å². The molecule has 82 valence electrons. The molecule has 0 bridgehead atoms. The molecule has 1 unspecified atom stereocenters. The highest BCUT2D eigenvalue weighted by Gasteiger charge is 2.10. The molecule has 5 heteroatoms. The number of aromatic nitrogens is 1. The summed E-state index contributed by atoms with van der Waals surface area (Å²) in [4.78, 5) is 14.8. The number of anilines is 1. The molecule has 1 aromatic rings. The van der Waals surface area contributed by atoms with E-state index in [0.717, 1.165) is 0 Å². The van der Waals surface area contributed by atoms with Crippen LogP contribution in [0.15, 0.2) is 18.3 Å². The van der Waals surface area contributed by atoms with Gasteiger partial charge in [-0.1, -0.05) is 0 Å². The molecule has 0 amide bonds. The van der Waals surface area contributed by atoms with Crippen molar-refractivity contribution < 1.29 is 14.6 Å². The van der Waals surface area contributed by atoms with E-state index in [-0.39, 0.29) is 11.7 Å². The third-order valence-corrected chi connectivity index (χ3v) is 2.00. The molecule has 1 aromatic heterocycles. The van der Waals surface area contributed by atoms with E-state index >= 15 is 0 Å². The number of rotatable bonds is 5. The van der Waals surface area contributed by atoms with Gasteiger partial charge in [-0.3, -0.25) is 0 Å². The molecule has 0 aliphatic heterocycles. The molecule has 0 saturated carbocycles. The van der Waals surface area contributed by atoms with Gasteiger partial charge in [0, 0.05) is 19.9 Å². The second kappa shape index (κ2) is 5.31. The number of pyridine rings is 1. The fourth-order valence-electron chi connectivity index (χ4n) is 1.04. The smallest absolute Gasteiger partial charge is 0.339 e. The van der Waals surface area contributed by atoms with Crippen molar-refractivity contribution in [3.63, 3.8) is 0 Å². The van der Waals surface area contributed by atoms with E-state index in [4.69, 9.17) is 9.84 Å². The monoisotopic (exact) mass is 210 g/mol. The van der Waals surface area contributed by atoms with Gasteiger partial charge < -0.3 is 15.2 Å². The summed E-state index contributed by atoms with van der Waals surface area (Å²) < 4.78 is 5.03. The number of nitrogens with zero attached hydrogens (tertiary/aromatic N) is 1. The molecular formula is C10H14N2O3. The van der Waals surface area contributed by atoms with Crippen LogP contribution in [0.25, 0.3) is 0 Å². The predicted octanol–water partition coefficient (Wildman–Crippen LogP) is 1.23. The minimum absolute atomic E-state index is 0.00801. The number of ether oxygens (including phenoxy) is 1. The summed E-state index contributed by atoms with van der Waals surface area (Å²) in [6.45, 7) is 2.41. The van der Waals surface area contributed by atoms with Gasteiger partial charge in [0.15, 0.2) is 0 Å². The summed E-state index contributed by atoms with van der Waals surface area (Å²) >= 11 is 0. The lowest BCUT2D eigenvalue weighted by Crippen LogP contribution is -2.20. The topological polar surface area (TPSA) is 71.5 Å². The zero-order valence-electron chi connectivity index (χ0n) is 8.73. The summed E-state index contributed by atoms with van der Waals surface area (Å²) in [7, 11) is 1.60. The van der Waals surface area contributed by atoms with Crippen LogP contribution < -0.4 is 5.32 Å². The van der Waals surface area contributed by atoms with Gasteiger partial charge in [0.1, 0.15) is 11.4 Å². The predicted molar refractivity (Wildman–Crippen MR) is 56.2 cm³/mol. The maximum absolute atomic E-state index is 10.8. The minimum atomic E-state index is -0.990. The van der Waals surface area contributed by atoms with Gasteiger partial charge in [0.05, 0.1) is 6.10 Å². The van der Waals surface area contributed by atoms with Crippen LogP contribution in [-0.4, -0.2) is 35.8 Å². The normalized spacial score (nSPS) is 12.1. The van der Waals surface area contributed by atoms with E-state index < -0.39 is 5.97 Å². The fourth-order valence-corrected chi connectivity index (χ4v) is 1.04. The lowest BCUT2D eigenvalue weighted by molar-refractivity contribution is 0.0697. The second-order valence-corrected chi connectivity index (χ2v) is 3.13. The summed E-state index contributed by atoms with van der Waals surface area (Å²) in [5, 5.41) is 11.8. The van der Waals surface area contributed by atoms with Crippen LogP contribution in [0.5, 0.6) is 0 Å². The Balaban J connectivity index is 2.72. The van der Waals surface area contributed by atoms with Gasteiger partial charge in [-0.15, -0.1) is 0 Å². The van der Waals surface area contributed by atoms with Gasteiger partial charge in [0.2, 0.25) is 0 Å². The van der Waals surface area contributed by atoms with Gasteiger partial charge >= 0.3 is 5.97 Å². The van der Waals surface area contributed by atoms with Gasteiger partial charge in [-0.05, 0) is 19.1 Å².